The molecular formula is C43H117N3O6S6. The monoisotopic (exact) mass is 964 g/mol. The van der Waals surface area contributed by atoms with Crippen molar-refractivity contribution >= 4 is 75.4 Å². The molecule has 9 nitrogen and oxygen atoms in total. The van der Waals surface area contributed by atoms with Gasteiger partial charge in [-0.15, -0.1) is 0 Å². The summed E-state index contributed by atoms with van der Waals surface area (Å²) in [6.45, 7) is 55.0. The van der Waals surface area contributed by atoms with Gasteiger partial charge in [0.1, 0.15) is 0 Å². The quantitative estimate of drug-likeness (QED) is 0.204. The summed E-state index contributed by atoms with van der Waals surface area (Å²) in [7, 11) is -12.2. The van der Waals surface area contributed by atoms with Crippen LogP contribution in [-0.4, -0.2) is 112 Å². The summed E-state index contributed by atoms with van der Waals surface area (Å²) >= 11 is 0. The molecule has 0 saturated carbocycles. The van der Waals surface area contributed by atoms with Gasteiger partial charge in [-0.25, -0.2) is 4.21 Å². The van der Waals surface area contributed by atoms with Crippen molar-refractivity contribution in [1.29, 1.82) is 14.3 Å². The maximum atomic E-state index is 12.1. The second-order valence-electron chi connectivity index (χ2n) is 15.0. The highest BCUT2D eigenvalue weighted by atomic mass is 32.2. The molecule has 376 valence electrons. The van der Waals surface area contributed by atoms with Crippen LogP contribution in [0.1, 0.15) is 194 Å². The predicted molar refractivity (Wildman–Crippen MR) is 296 cm³/mol. The Balaban J connectivity index is -0.0000000319. The molecule has 0 aromatic heterocycles. The fourth-order valence-electron chi connectivity index (χ4n) is 1.84. The Kier molecular flexibility index (Phi) is 83.1. The van der Waals surface area contributed by atoms with Crippen LogP contribution in [0.2, 0.25) is 0 Å². The molecule has 0 amide bonds. The molecular weight excluding hydrogens is 847 g/mol. The SMILES string of the molecule is C=S(=O)(C(C)(C)C)C(C)(C)C.C=S(C)(C)=O.C=S(C)(C)=O.CC.CC.CC.CC.CC.CC.CC.CC.CC(C)(C)S(=N)(=O)C(C)(C)C.CS(C)(=N)=O.CS(C)(=N)=O. The lowest BCUT2D eigenvalue weighted by Crippen LogP contribution is -2.41. The summed E-state index contributed by atoms with van der Waals surface area (Å²) in [6, 6.07) is 0. The van der Waals surface area contributed by atoms with E-state index in [1.807, 2.05) is 194 Å². The van der Waals surface area contributed by atoms with E-state index in [9.17, 15) is 25.3 Å². The van der Waals surface area contributed by atoms with Crippen LogP contribution in [0.25, 0.3) is 0 Å². The molecule has 0 aromatic rings. The Bertz CT molecular complexity index is 1190. The van der Waals surface area contributed by atoms with Gasteiger partial charge in [-0.3, -0.25) is 35.4 Å². The van der Waals surface area contributed by atoms with E-state index in [2.05, 4.69) is 17.6 Å². The van der Waals surface area contributed by atoms with Crippen LogP contribution in [0.3, 0.4) is 0 Å². The zero-order chi connectivity index (χ0) is 53.0. The lowest BCUT2D eigenvalue weighted by molar-refractivity contribution is 0.597. The molecule has 0 aliphatic heterocycles. The first-order valence-electron chi connectivity index (χ1n) is 20.6. The van der Waals surface area contributed by atoms with E-state index in [-0.39, 0.29) is 9.49 Å². The van der Waals surface area contributed by atoms with Gasteiger partial charge in [-0.2, -0.15) is 0 Å². The topological polar surface area (TPSA) is 174 Å². The molecule has 0 aliphatic rings. The average molecular weight is 965 g/mol. The van der Waals surface area contributed by atoms with E-state index < -0.39 is 67.2 Å². The second-order valence-corrected chi connectivity index (χ2v) is 33.1. The molecule has 0 rings (SSSR count). The van der Waals surface area contributed by atoms with E-state index >= 15 is 0 Å². The summed E-state index contributed by atoms with van der Waals surface area (Å²) in [5, 5.41) is 0. The molecule has 0 bridgehead atoms. The second kappa shape index (κ2) is 49.6. The highest BCUT2D eigenvalue weighted by molar-refractivity contribution is 8.02. The molecule has 0 spiro atoms. The lowest BCUT2D eigenvalue weighted by Gasteiger charge is -2.34. The van der Waals surface area contributed by atoms with Gasteiger partial charge in [0.15, 0.2) is 0 Å². The Morgan fingerprint density at radius 3 is 0.362 bits per heavy atom. The number of rotatable bonds is 0. The van der Waals surface area contributed by atoms with Crippen molar-refractivity contribution in [2.24, 2.45) is 0 Å². The minimum Gasteiger partial charge on any atom is -0.269 e. The Morgan fingerprint density at radius 1 is 0.293 bits per heavy atom. The first-order valence-corrected chi connectivity index (χ1v) is 33.7. The van der Waals surface area contributed by atoms with E-state index in [0.29, 0.717) is 0 Å². The fraction of sp³-hybridized carbons (Fsp3) is 0.930. The molecule has 0 aliphatic carbocycles. The van der Waals surface area contributed by atoms with Crippen LogP contribution < -0.4 is 0 Å². The van der Waals surface area contributed by atoms with Crippen LogP contribution in [0, 0.1) is 14.3 Å². The minimum atomic E-state index is -2.51. The highest BCUT2D eigenvalue weighted by Crippen LogP contribution is 2.29. The van der Waals surface area contributed by atoms with Crippen LogP contribution in [0.15, 0.2) is 0 Å². The third-order valence-electron chi connectivity index (χ3n) is 3.70. The molecule has 0 saturated heterocycles. The van der Waals surface area contributed by atoms with E-state index in [0.717, 1.165) is 0 Å². The molecule has 0 unspecified atom stereocenters. The maximum absolute atomic E-state index is 12.1. The number of hydrogen-bond acceptors (Lipinski definition) is 9. The van der Waals surface area contributed by atoms with E-state index in [1.54, 1.807) is 25.0 Å². The highest BCUT2D eigenvalue weighted by Gasteiger charge is 2.36. The number of hydrogen-bond donors (Lipinski definition) is 3. The van der Waals surface area contributed by atoms with Gasteiger partial charge in [0.05, 0.1) is 9.73 Å². The third kappa shape index (κ3) is 131. The van der Waals surface area contributed by atoms with Crippen molar-refractivity contribution in [1.82, 2.24) is 0 Å². The van der Waals surface area contributed by atoms with Gasteiger partial charge in [-0.1, -0.05) is 111 Å². The van der Waals surface area contributed by atoms with Gasteiger partial charge in [0.25, 0.3) is 0 Å². The van der Waals surface area contributed by atoms with Gasteiger partial charge < -0.3 is 0 Å². The first-order chi connectivity index (χ1) is 25.0. The zero-order valence-electron chi connectivity index (χ0n) is 46.5. The Morgan fingerprint density at radius 2 is 0.362 bits per heavy atom. The molecule has 0 atom stereocenters. The summed E-state index contributed by atoms with van der Waals surface area (Å²) < 4.78 is 83.3. The van der Waals surface area contributed by atoms with Crippen molar-refractivity contribution < 1.29 is 25.3 Å². The lowest BCUT2D eigenvalue weighted by atomic mass is 10.2. The van der Waals surface area contributed by atoms with Crippen molar-refractivity contribution in [3.05, 3.63) is 0 Å². The van der Waals surface area contributed by atoms with E-state index in [1.165, 1.54) is 25.0 Å². The molecule has 0 heterocycles. The van der Waals surface area contributed by atoms with E-state index in [4.69, 9.17) is 14.3 Å². The summed E-state index contributed by atoms with van der Waals surface area (Å²) in [6.07, 6.45) is 11.9. The summed E-state index contributed by atoms with van der Waals surface area (Å²) in [5.74, 6) is 10.4. The van der Waals surface area contributed by atoms with Gasteiger partial charge in [0, 0.05) is 88.5 Å². The normalized spacial score (nSPS) is 10.6. The Labute approximate surface area is 375 Å². The van der Waals surface area contributed by atoms with Crippen LogP contribution in [-0.2, 0) is 57.8 Å². The number of nitrogens with one attached hydrogen (secondary N) is 3. The summed E-state index contributed by atoms with van der Waals surface area (Å²) in [4.78, 5) is 0. The van der Waals surface area contributed by atoms with Crippen LogP contribution in [0.5, 0.6) is 0 Å². The van der Waals surface area contributed by atoms with Crippen molar-refractivity contribution in [2.45, 2.75) is 213 Å². The molecule has 0 radical (unpaired) electrons. The van der Waals surface area contributed by atoms with Crippen molar-refractivity contribution in [3.63, 3.8) is 0 Å². The largest absolute Gasteiger partial charge is 0.269 e. The zero-order valence-corrected chi connectivity index (χ0v) is 51.4. The van der Waals surface area contributed by atoms with Gasteiger partial charge >= 0.3 is 0 Å². The molecule has 0 fully saturated rings. The molecule has 0 aromatic carbocycles. The maximum Gasteiger partial charge on any atom is 0.0541 e. The van der Waals surface area contributed by atoms with Crippen LogP contribution in [0.4, 0.5) is 0 Å². The van der Waals surface area contributed by atoms with Crippen molar-refractivity contribution in [3.8, 4) is 0 Å². The predicted octanol–water partition coefficient (Wildman–Crippen LogP) is 13.6. The van der Waals surface area contributed by atoms with Crippen molar-refractivity contribution in [2.75, 3.05) is 50.0 Å². The fourth-order valence-corrected chi connectivity index (χ4v) is 5.51. The smallest absolute Gasteiger partial charge is 0.0541 e. The van der Waals surface area contributed by atoms with Crippen LogP contribution >= 0.6 is 0 Å². The van der Waals surface area contributed by atoms with Gasteiger partial charge in [0.2, 0.25) is 0 Å². The first kappa shape index (κ1) is 97.3. The molecule has 3 N–H and O–H groups in total. The minimum absolute atomic E-state index is 0.203. The van der Waals surface area contributed by atoms with Gasteiger partial charge in [-0.05, 0) is 129 Å². The molecule has 58 heavy (non-hydrogen) atoms. The molecule has 15 heteroatoms. The third-order valence-corrected chi connectivity index (χ3v) is 11.1. The standard InChI is InChI=1S/C9H20OS.C8H19NOS.2C3H8OS.2C2H7NOS.8C2H6/c1-8(2,3)11(7,10)9(4,5)6;1-7(2,3)11(9,10)8(4,5)6;4*1-5(2,3)4;8*1-2/h7H2,1-6H3;9H,1-6H3;2*1H2,2-3H3;2*3H,1-2H3;8*1-2H3. The average Bonchev–Trinajstić information content (AvgIpc) is 3.00. The summed E-state index contributed by atoms with van der Waals surface area (Å²) in [5.41, 5.74) is 0. The Hall–Kier alpha value is -0.0900.